The standard InChI is InChI=1S/C12H13N3/c1-9(10-5-3-2-4-6-10)11-12(13)15-8-7-14-11/h2-9H,1H3,(H2,13,15)/t9-/m0/s1. The minimum atomic E-state index is 0.180. The van der Waals surface area contributed by atoms with Crippen molar-refractivity contribution >= 4 is 5.82 Å². The summed E-state index contributed by atoms with van der Waals surface area (Å²) in [5, 5.41) is 0. The molecule has 0 aliphatic heterocycles. The third-order valence-corrected chi connectivity index (χ3v) is 2.47. The van der Waals surface area contributed by atoms with Crippen LogP contribution < -0.4 is 5.73 Å². The van der Waals surface area contributed by atoms with Crippen LogP contribution in [-0.4, -0.2) is 9.97 Å². The van der Waals surface area contributed by atoms with Crippen LogP contribution in [0.1, 0.15) is 24.1 Å². The van der Waals surface area contributed by atoms with Gasteiger partial charge in [0.2, 0.25) is 0 Å². The first kappa shape index (κ1) is 9.65. The van der Waals surface area contributed by atoms with Gasteiger partial charge in [-0.05, 0) is 5.56 Å². The van der Waals surface area contributed by atoms with E-state index in [1.807, 2.05) is 18.2 Å². The second kappa shape index (κ2) is 4.09. The molecule has 2 rings (SSSR count). The maximum absolute atomic E-state index is 5.79. The van der Waals surface area contributed by atoms with Crippen LogP contribution in [0.4, 0.5) is 5.82 Å². The van der Waals surface area contributed by atoms with Gasteiger partial charge in [0.25, 0.3) is 0 Å². The van der Waals surface area contributed by atoms with Gasteiger partial charge in [0.15, 0.2) is 0 Å². The smallest absolute Gasteiger partial charge is 0.145 e. The molecule has 15 heavy (non-hydrogen) atoms. The Bertz CT molecular complexity index is 440. The molecule has 2 aromatic rings. The molecule has 1 atom stereocenters. The number of benzene rings is 1. The molecule has 1 aromatic carbocycles. The largest absolute Gasteiger partial charge is 0.382 e. The summed E-state index contributed by atoms with van der Waals surface area (Å²) in [4.78, 5) is 8.31. The van der Waals surface area contributed by atoms with E-state index in [4.69, 9.17) is 5.73 Å². The minimum absolute atomic E-state index is 0.180. The molecule has 0 unspecified atom stereocenters. The first-order valence-corrected chi connectivity index (χ1v) is 4.90. The van der Waals surface area contributed by atoms with Crippen molar-refractivity contribution in [3.63, 3.8) is 0 Å². The highest BCUT2D eigenvalue weighted by molar-refractivity contribution is 5.40. The van der Waals surface area contributed by atoms with Crippen molar-refractivity contribution in [3.8, 4) is 0 Å². The fourth-order valence-corrected chi connectivity index (χ4v) is 1.59. The summed E-state index contributed by atoms with van der Waals surface area (Å²) in [6.45, 7) is 2.08. The number of rotatable bonds is 2. The van der Waals surface area contributed by atoms with E-state index in [2.05, 4.69) is 29.0 Å². The monoisotopic (exact) mass is 199 g/mol. The average molecular weight is 199 g/mol. The minimum Gasteiger partial charge on any atom is -0.382 e. The van der Waals surface area contributed by atoms with Gasteiger partial charge in [-0.3, -0.25) is 4.98 Å². The van der Waals surface area contributed by atoms with Gasteiger partial charge < -0.3 is 5.73 Å². The number of nitrogens with two attached hydrogens (primary N) is 1. The lowest BCUT2D eigenvalue weighted by atomic mass is 9.97. The first-order chi connectivity index (χ1) is 7.29. The molecule has 0 bridgehead atoms. The Morgan fingerprint density at radius 1 is 1.07 bits per heavy atom. The van der Waals surface area contributed by atoms with Crippen LogP contribution in [0, 0.1) is 0 Å². The molecule has 0 aliphatic rings. The molecule has 0 radical (unpaired) electrons. The van der Waals surface area contributed by atoms with Crippen molar-refractivity contribution < 1.29 is 0 Å². The lowest BCUT2D eigenvalue weighted by Crippen LogP contribution is -2.05. The van der Waals surface area contributed by atoms with E-state index in [-0.39, 0.29) is 5.92 Å². The number of nitrogen functional groups attached to an aromatic ring is 1. The van der Waals surface area contributed by atoms with Crippen LogP contribution in [-0.2, 0) is 0 Å². The van der Waals surface area contributed by atoms with Gasteiger partial charge in [-0.15, -0.1) is 0 Å². The molecule has 0 saturated heterocycles. The van der Waals surface area contributed by atoms with Crippen LogP contribution in [0.5, 0.6) is 0 Å². The number of hydrogen-bond acceptors (Lipinski definition) is 3. The lowest BCUT2D eigenvalue weighted by Gasteiger charge is -2.12. The Hall–Kier alpha value is -1.90. The van der Waals surface area contributed by atoms with Gasteiger partial charge in [0, 0.05) is 18.3 Å². The van der Waals surface area contributed by atoms with E-state index in [1.165, 1.54) is 5.56 Å². The fraction of sp³-hybridized carbons (Fsp3) is 0.167. The van der Waals surface area contributed by atoms with Gasteiger partial charge >= 0.3 is 0 Å². The van der Waals surface area contributed by atoms with E-state index in [0.29, 0.717) is 5.82 Å². The van der Waals surface area contributed by atoms with Crippen molar-refractivity contribution in [3.05, 3.63) is 54.0 Å². The zero-order valence-corrected chi connectivity index (χ0v) is 8.59. The molecule has 76 valence electrons. The third-order valence-electron chi connectivity index (χ3n) is 2.47. The molecular weight excluding hydrogens is 186 g/mol. The second-order valence-electron chi connectivity index (χ2n) is 3.46. The zero-order valence-electron chi connectivity index (χ0n) is 8.59. The number of anilines is 1. The summed E-state index contributed by atoms with van der Waals surface area (Å²) in [6.07, 6.45) is 3.28. The molecule has 0 aliphatic carbocycles. The van der Waals surface area contributed by atoms with Crippen LogP contribution in [0.25, 0.3) is 0 Å². The molecule has 0 fully saturated rings. The molecule has 0 saturated carbocycles. The summed E-state index contributed by atoms with van der Waals surface area (Å²) in [5.74, 6) is 0.689. The molecule has 3 heteroatoms. The third kappa shape index (κ3) is 1.96. The SMILES string of the molecule is C[C@@H](c1ccccc1)c1nccnc1N. The van der Waals surface area contributed by atoms with Crippen molar-refractivity contribution in [2.75, 3.05) is 5.73 Å². The van der Waals surface area contributed by atoms with Crippen LogP contribution in [0.3, 0.4) is 0 Å². The summed E-state index contributed by atoms with van der Waals surface area (Å²) < 4.78 is 0. The Kier molecular flexibility index (Phi) is 2.63. The Morgan fingerprint density at radius 3 is 2.40 bits per heavy atom. The summed E-state index contributed by atoms with van der Waals surface area (Å²) in [6, 6.07) is 10.2. The predicted molar refractivity (Wildman–Crippen MR) is 60.4 cm³/mol. The maximum atomic E-state index is 5.79. The van der Waals surface area contributed by atoms with Crippen molar-refractivity contribution in [1.82, 2.24) is 9.97 Å². The Labute approximate surface area is 89.0 Å². The molecular formula is C12H13N3. The zero-order chi connectivity index (χ0) is 10.7. The number of hydrogen-bond donors (Lipinski definition) is 1. The summed E-state index contributed by atoms with van der Waals surface area (Å²) >= 11 is 0. The van der Waals surface area contributed by atoms with Crippen molar-refractivity contribution in [2.45, 2.75) is 12.8 Å². The Morgan fingerprint density at radius 2 is 1.73 bits per heavy atom. The van der Waals surface area contributed by atoms with Crippen LogP contribution >= 0.6 is 0 Å². The first-order valence-electron chi connectivity index (χ1n) is 4.90. The normalized spacial score (nSPS) is 12.3. The molecule has 0 amide bonds. The van der Waals surface area contributed by atoms with Gasteiger partial charge in [-0.2, -0.15) is 0 Å². The summed E-state index contributed by atoms with van der Waals surface area (Å²) in [7, 11) is 0. The second-order valence-corrected chi connectivity index (χ2v) is 3.46. The highest BCUT2D eigenvalue weighted by Gasteiger charge is 2.12. The van der Waals surface area contributed by atoms with Gasteiger partial charge in [0.05, 0.1) is 5.69 Å². The molecule has 1 aromatic heterocycles. The van der Waals surface area contributed by atoms with Crippen LogP contribution in [0.2, 0.25) is 0 Å². The topological polar surface area (TPSA) is 51.8 Å². The van der Waals surface area contributed by atoms with E-state index in [0.717, 1.165) is 5.69 Å². The van der Waals surface area contributed by atoms with Crippen molar-refractivity contribution in [1.29, 1.82) is 0 Å². The van der Waals surface area contributed by atoms with E-state index in [1.54, 1.807) is 12.4 Å². The average Bonchev–Trinajstić information content (AvgIpc) is 2.30. The Balaban J connectivity index is 2.37. The van der Waals surface area contributed by atoms with Gasteiger partial charge in [-0.1, -0.05) is 37.3 Å². The lowest BCUT2D eigenvalue weighted by molar-refractivity contribution is 0.864. The quantitative estimate of drug-likeness (QED) is 0.806. The molecule has 2 N–H and O–H groups in total. The number of aromatic nitrogens is 2. The molecule has 3 nitrogen and oxygen atoms in total. The van der Waals surface area contributed by atoms with Crippen molar-refractivity contribution in [2.24, 2.45) is 0 Å². The van der Waals surface area contributed by atoms with E-state index < -0.39 is 0 Å². The van der Waals surface area contributed by atoms with E-state index in [9.17, 15) is 0 Å². The van der Waals surface area contributed by atoms with E-state index >= 15 is 0 Å². The van der Waals surface area contributed by atoms with Gasteiger partial charge in [-0.25, -0.2) is 4.98 Å². The molecule has 1 heterocycles. The fourth-order valence-electron chi connectivity index (χ4n) is 1.59. The predicted octanol–water partition coefficient (Wildman–Crippen LogP) is 2.21. The highest BCUT2D eigenvalue weighted by Crippen LogP contribution is 2.24. The maximum Gasteiger partial charge on any atom is 0.145 e. The number of nitrogens with zero attached hydrogens (tertiary/aromatic N) is 2. The van der Waals surface area contributed by atoms with Crippen LogP contribution in [0.15, 0.2) is 42.7 Å². The molecule has 0 spiro atoms. The summed E-state index contributed by atoms with van der Waals surface area (Å²) in [5.41, 5.74) is 7.82. The van der Waals surface area contributed by atoms with Gasteiger partial charge in [0.1, 0.15) is 5.82 Å². The highest BCUT2D eigenvalue weighted by atomic mass is 14.9.